The predicted molar refractivity (Wildman–Crippen MR) is 61.2 cm³/mol. The van der Waals surface area contributed by atoms with Gasteiger partial charge in [-0.05, 0) is 30.3 Å². The number of hydrogen-bond donors (Lipinski definition) is 0. The fraction of sp³-hybridized carbons (Fsp3) is 0. The molecule has 0 spiro atoms. The lowest BCUT2D eigenvalue weighted by Gasteiger charge is -2.05. The molecule has 2 aromatic carbocycles. The van der Waals surface area contributed by atoms with E-state index in [0.29, 0.717) is 18.2 Å². The lowest BCUT2D eigenvalue weighted by atomic mass is 10.0. The van der Waals surface area contributed by atoms with Crippen LogP contribution in [-0.2, 0) is 0 Å². The van der Waals surface area contributed by atoms with E-state index in [4.69, 9.17) is 11.6 Å². The Balaban J connectivity index is 2.49. The van der Waals surface area contributed by atoms with Gasteiger partial charge in [-0.3, -0.25) is 4.79 Å². The number of rotatable bonds is 2. The number of carbonyl (C=O) groups is 1. The second-order valence-corrected chi connectivity index (χ2v) is 4.11. The van der Waals surface area contributed by atoms with Crippen LogP contribution >= 0.6 is 11.6 Å². The van der Waals surface area contributed by atoms with Crippen LogP contribution in [0.2, 0.25) is 5.02 Å². The number of hydrogen-bond acceptors (Lipinski definition) is 1. The molecule has 6 heteroatoms. The van der Waals surface area contributed by atoms with Crippen LogP contribution in [0.15, 0.2) is 30.3 Å². The summed E-state index contributed by atoms with van der Waals surface area (Å²) in [6, 6.07) is 3.70. The SMILES string of the molecule is O=C(c1ccc(F)c(F)c1)c1cc(F)c(F)cc1Cl. The molecule has 2 aromatic rings. The van der Waals surface area contributed by atoms with Crippen molar-refractivity contribution in [1.82, 2.24) is 0 Å². The fourth-order valence-electron chi connectivity index (χ4n) is 1.49. The van der Waals surface area contributed by atoms with E-state index in [2.05, 4.69) is 0 Å². The molecular weight excluding hydrogens is 284 g/mol. The molecule has 0 atom stereocenters. The minimum Gasteiger partial charge on any atom is -0.289 e. The number of halogens is 5. The van der Waals surface area contributed by atoms with Crippen LogP contribution < -0.4 is 0 Å². The molecule has 0 N–H and O–H groups in total. The molecule has 0 fully saturated rings. The van der Waals surface area contributed by atoms with Gasteiger partial charge in [0.1, 0.15) is 0 Å². The largest absolute Gasteiger partial charge is 0.289 e. The van der Waals surface area contributed by atoms with E-state index >= 15 is 0 Å². The lowest BCUT2D eigenvalue weighted by Crippen LogP contribution is -2.05. The van der Waals surface area contributed by atoms with E-state index in [0.717, 1.165) is 12.1 Å². The highest BCUT2D eigenvalue weighted by Crippen LogP contribution is 2.23. The van der Waals surface area contributed by atoms with Crippen molar-refractivity contribution in [2.24, 2.45) is 0 Å². The number of ketones is 1. The molecule has 98 valence electrons. The van der Waals surface area contributed by atoms with Crippen molar-refractivity contribution < 1.29 is 22.4 Å². The van der Waals surface area contributed by atoms with Crippen LogP contribution in [0.4, 0.5) is 17.6 Å². The maximum Gasteiger partial charge on any atom is 0.194 e. The van der Waals surface area contributed by atoms with Crippen molar-refractivity contribution in [1.29, 1.82) is 0 Å². The van der Waals surface area contributed by atoms with E-state index < -0.39 is 29.1 Å². The summed E-state index contributed by atoms with van der Waals surface area (Å²) in [5, 5.41) is -0.311. The first-order chi connectivity index (χ1) is 8.90. The molecule has 19 heavy (non-hydrogen) atoms. The predicted octanol–water partition coefficient (Wildman–Crippen LogP) is 4.13. The molecule has 0 saturated heterocycles. The van der Waals surface area contributed by atoms with Gasteiger partial charge in [0.05, 0.1) is 5.02 Å². The second-order valence-electron chi connectivity index (χ2n) is 3.70. The summed E-state index contributed by atoms with van der Waals surface area (Å²) in [5.41, 5.74) is -0.543. The van der Waals surface area contributed by atoms with Crippen molar-refractivity contribution in [3.05, 3.63) is 69.8 Å². The minimum atomic E-state index is -1.25. The van der Waals surface area contributed by atoms with Gasteiger partial charge in [-0.25, -0.2) is 17.6 Å². The van der Waals surface area contributed by atoms with E-state index in [1.807, 2.05) is 0 Å². The average molecular weight is 289 g/mol. The quantitative estimate of drug-likeness (QED) is 0.461. The Hall–Kier alpha value is -1.88. The molecule has 0 aliphatic heterocycles. The molecule has 1 nitrogen and oxygen atoms in total. The zero-order chi connectivity index (χ0) is 14.2. The molecule has 0 amide bonds. The van der Waals surface area contributed by atoms with E-state index in [-0.39, 0.29) is 16.1 Å². The Bertz CT molecular complexity index is 670. The third-order valence-corrected chi connectivity index (χ3v) is 2.75. The summed E-state index contributed by atoms with van der Waals surface area (Å²) in [6.45, 7) is 0. The van der Waals surface area contributed by atoms with Crippen molar-refractivity contribution in [2.45, 2.75) is 0 Å². The van der Waals surface area contributed by atoms with Crippen molar-refractivity contribution in [3.63, 3.8) is 0 Å². The first kappa shape index (κ1) is 13.5. The van der Waals surface area contributed by atoms with Gasteiger partial charge in [0.25, 0.3) is 0 Å². The zero-order valence-electron chi connectivity index (χ0n) is 9.18. The number of carbonyl (C=O) groups excluding carboxylic acids is 1. The van der Waals surface area contributed by atoms with Crippen LogP contribution in [-0.4, -0.2) is 5.78 Å². The van der Waals surface area contributed by atoms with Gasteiger partial charge in [0.15, 0.2) is 29.1 Å². The standard InChI is InChI=1S/C13H5ClF4O/c14-8-5-12(18)11(17)4-7(8)13(19)6-1-2-9(15)10(16)3-6/h1-5H. The third-order valence-electron chi connectivity index (χ3n) is 2.44. The number of benzene rings is 2. The summed E-state index contributed by atoms with van der Waals surface area (Å²) in [6.07, 6.45) is 0. The molecule has 0 aliphatic rings. The van der Waals surface area contributed by atoms with Crippen molar-refractivity contribution in [2.75, 3.05) is 0 Å². The van der Waals surface area contributed by atoms with E-state index in [1.165, 1.54) is 0 Å². The second kappa shape index (κ2) is 5.01. The van der Waals surface area contributed by atoms with Crippen LogP contribution in [0.1, 0.15) is 15.9 Å². The van der Waals surface area contributed by atoms with Crippen LogP contribution in [0.5, 0.6) is 0 Å². The first-order valence-corrected chi connectivity index (χ1v) is 5.42. The minimum absolute atomic E-state index is 0.216. The maximum absolute atomic E-state index is 13.1. The van der Waals surface area contributed by atoms with Crippen molar-refractivity contribution in [3.8, 4) is 0 Å². The van der Waals surface area contributed by atoms with Gasteiger partial charge in [-0.2, -0.15) is 0 Å². The van der Waals surface area contributed by atoms with Crippen molar-refractivity contribution >= 4 is 17.4 Å². The highest BCUT2D eigenvalue weighted by Gasteiger charge is 2.17. The summed E-state index contributed by atoms with van der Waals surface area (Å²) in [7, 11) is 0. The summed E-state index contributed by atoms with van der Waals surface area (Å²) in [5.74, 6) is -5.62. The maximum atomic E-state index is 13.1. The Kier molecular flexibility index (Phi) is 3.57. The lowest BCUT2D eigenvalue weighted by molar-refractivity contribution is 0.103. The molecule has 0 aliphatic carbocycles. The Morgan fingerprint density at radius 3 is 2.05 bits per heavy atom. The Morgan fingerprint density at radius 1 is 0.842 bits per heavy atom. The van der Waals surface area contributed by atoms with Crippen LogP contribution in [0.3, 0.4) is 0 Å². The molecule has 0 bridgehead atoms. The van der Waals surface area contributed by atoms with Gasteiger partial charge < -0.3 is 0 Å². The van der Waals surface area contributed by atoms with E-state index in [1.54, 1.807) is 0 Å². The molecule has 2 rings (SSSR count). The fourth-order valence-corrected chi connectivity index (χ4v) is 1.73. The smallest absolute Gasteiger partial charge is 0.194 e. The Morgan fingerprint density at radius 2 is 1.42 bits per heavy atom. The summed E-state index contributed by atoms with van der Waals surface area (Å²) >= 11 is 5.62. The highest BCUT2D eigenvalue weighted by molar-refractivity contribution is 6.35. The van der Waals surface area contributed by atoms with E-state index in [9.17, 15) is 22.4 Å². The zero-order valence-corrected chi connectivity index (χ0v) is 9.94. The molecule has 0 aromatic heterocycles. The van der Waals surface area contributed by atoms with Gasteiger partial charge in [-0.15, -0.1) is 0 Å². The van der Waals surface area contributed by atoms with Crippen LogP contribution in [0, 0.1) is 23.3 Å². The van der Waals surface area contributed by atoms with Crippen LogP contribution in [0.25, 0.3) is 0 Å². The van der Waals surface area contributed by atoms with Gasteiger partial charge in [0.2, 0.25) is 0 Å². The molecule has 0 saturated carbocycles. The van der Waals surface area contributed by atoms with Gasteiger partial charge >= 0.3 is 0 Å². The Labute approximate surface area is 110 Å². The third kappa shape index (κ3) is 2.61. The molecular formula is C13H5ClF4O. The van der Waals surface area contributed by atoms with Gasteiger partial charge in [0, 0.05) is 11.1 Å². The normalized spacial score (nSPS) is 10.6. The average Bonchev–Trinajstić information content (AvgIpc) is 2.36. The first-order valence-electron chi connectivity index (χ1n) is 5.04. The topological polar surface area (TPSA) is 17.1 Å². The highest BCUT2D eigenvalue weighted by atomic mass is 35.5. The summed E-state index contributed by atoms with van der Waals surface area (Å²) < 4.78 is 51.7. The molecule has 0 radical (unpaired) electrons. The van der Waals surface area contributed by atoms with Gasteiger partial charge in [-0.1, -0.05) is 11.6 Å². The monoisotopic (exact) mass is 288 g/mol. The summed E-state index contributed by atoms with van der Waals surface area (Å²) in [4.78, 5) is 11.9. The molecule has 0 unspecified atom stereocenters. The molecule has 0 heterocycles.